The van der Waals surface area contributed by atoms with Gasteiger partial charge in [0.15, 0.2) is 0 Å². The lowest BCUT2D eigenvalue weighted by Gasteiger charge is -1.95. The van der Waals surface area contributed by atoms with Gasteiger partial charge in [0.05, 0.1) is 4.47 Å². The fraction of sp³-hybridized carbons (Fsp3) is 0.125. The molecule has 0 atom stereocenters. The van der Waals surface area contributed by atoms with Crippen LogP contribution in [0.25, 0.3) is 4.83 Å². The van der Waals surface area contributed by atoms with Gasteiger partial charge in [-0.3, -0.25) is 9.20 Å². The van der Waals surface area contributed by atoms with Crippen molar-refractivity contribution >= 4 is 32.1 Å². The van der Waals surface area contributed by atoms with Crippen LogP contribution >= 0.6 is 27.3 Å². The highest BCUT2D eigenvalue weighted by Crippen LogP contribution is 2.22. The molecule has 0 fully saturated rings. The molecule has 0 saturated carbocycles. The van der Waals surface area contributed by atoms with Crippen molar-refractivity contribution in [1.29, 1.82) is 0 Å². The second kappa shape index (κ2) is 2.71. The summed E-state index contributed by atoms with van der Waals surface area (Å²) in [4.78, 5) is 12.3. The van der Waals surface area contributed by atoms with Crippen LogP contribution in [-0.2, 0) is 0 Å². The molecule has 62 valence electrons. The number of aryl methyl sites for hydroxylation is 1. The molecule has 2 heterocycles. The Hall–Kier alpha value is -0.610. The summed E-state index contributed by atoms with van der Waals surface area (Å²) < 4.78 is 2.68. The van der Waals surface area contributed by atoms with Crippen LogP contribution in [0.15, 0.2) is 26.8 Å². The normalized spacial score (nSPS) is 10.8. The smallest absolute Gasteiger partial charge is 0.256 e. The zero-order valence-corrected chi connectivity index (χ0v) is 8.78. The molecule has 0 radical (unpaired) electrons. The molecule has 0 amide bonds. The number of rotatable bonds is 0. The molecule has 0 aliphatic heterocycles. The van der Waals surface area contributed by atoms with Crippen LogP contribution < -0.4 is 5.56 Å². The lowest BCUT2D eigenvalue weighted by Crippen LogP contribution is -2.11. The van der Waals surface area contributed by atoms with Gasteiger partial charge in [-0.05, 0) is 28.9 Å². The molecule has 0 spiro atoms. The highest BCUT2D eigenvalue weighted by Gasteiger charge is 2.03. The minimum absolute atomic E-state index is 0.0342. The van der Waals surface area contributed by atoms with Gasteiger partial charge >= 0.3 is 0 Å². The zero-order chi connectivity index (χ0) is 8.72. The lowest BCUT2D eigenvalue weighted by atomic mass is 10.4. The van der Waals surface area contributed by atoms with Crippen LogP contribution in [0.1, 0.15) is 5.69 Å². The monoisotopic (exact) mass is 243 g/mol. The third kappa shape index (κ3) is 1.03. The Balaban J connectivity index is 3.09. The number of hydrogen-bond acceptors (Lipinski definition) is 2. The van der Waals surface area contributed by atoms with Crippen molar-refractivity contribution in [3.05, 3.63) is 38.0 Å². The van der Waals surface area contributed by atoms with E-state index in [4.69, 9.17) is 0 Å². The van der Waals surface area contributed by atoms with E-state index in [0.29, 0.717) is 0 Å². The second-order valence-electron chi connectivity index (χ2n) is 2.54. The number of halogens is 1. The highest BCUT2D eigenvalue weighted by molar-refractivity contribution is 9.10. The quantitative estimate of drug-likeness (QED) is 0.697. The average Bonchev–Trinajstić information content (AvgIpc) is 2.42. The fourth-order valence-corrected chi connectivity index (χ4v) is 2.63. The number of fused-ring (bicyclic) bond motifs is 1. The van der Waals surface area contributed by atoms with Crippen LogP contribution in [0.5, 0.6) is 0 Å². The Morgan fingerprint density at radius 3 is 2.92 bits per heavy atom. The molecule has 4 heteroatoms. The SMILES string of the molecule is Cc1csc2c(Br)ccc(=O)n12. The van der Waals surface area contributed by atoms with E-state index in [1.165, 1.54) is 0 Å². The maximum absolute atomic E-state index is 11.4. The van der Waals surface area contributed by atoms with Gasteiger partial charge in [-0.25, -0.2) is 0 Å². The third-order valence-electron chi connectivity index (χ3n) is 1.69. The first kappa shape index (κ1) is 8.01. The summed E-state index contributed by atoms with van der Waals surface area (Å²) in [6.45, 7) is 1.93. The zero-order valence-electron chi connectivity index (χ0n) is 6.37. The molecule has 0 bridgehead atoms. The summed E-state index contributed by atoms with van der Waals surface area (Å²) in [6.07, 6.45) is 0. The molecule has 2 rings (SSSR count). The van der Waals surface area contributed by atoms with Crippen molar-refractivity contribution < 1.29 is 0 Å². The van der Waals surface area contributed by atoms with Gasteiger partial charge in [0, 0.05) is 17.1 Å². The highest BCUT2D eigenvalue weighted by atomic mass is 79.9. The molecule has 0 aliphatic carbocycles. The van der Waals surface area contributed by atoms with Crippen molar-refractivity contribution in [2.75, 3.05) is 0 Å². The number of thiazole rings is 1. The summed E-state index contributed by atoms with van der Waals surface area (Å²) in [7, 11) is 0. The van der Waals surface area contributed by atoms with Gasteiger partial charge in [0.25, 0.3) is 5.56 Å². The molecule has 12 heavy (non-hydrogen) atoms. The van der Waals surface area contributed by atoms with Crippen LogP contribution in [0.2, 0.25) is 0 Å². The first-order chi connectivity index (χ1) is 5.70. The molecule has 2 aromatic heterocycles. The van der Waals surface area contributed by atoms with Crippen LogP contribution in [-0.4, -0.2) is 4.40 Å². The predicted molar refractivity (Wildman–Crippen MR) is 54.0 cm³/mol. The number of aromatic nitrogens is 1. The molecular weight excluding hydrogens is 238 g/mol. The van der Waals surface area contributed by atoms with Crippen molar-refractivity contribution in [3.63, 3.8) is 0 Å². The van der Waals surface area contributed by atoms with Crippen LogP contribution in [0.3, 0.4) is 0 Å². The van der Waals surface area contributed by atoms with Gasteiger partial charge < -0.3 is 0 Å². The molecular formula is C8H6BrNOS. The van der Waals surface area contributed by atoms with E-state index in [-0.39, 0.29) is 5.56 Å². The summed E-state index contributed by atoms with van der Waals surface area (Å²) in [6, 6.07) is 3.35. The van der Waals surface area contributed by atoms with Crippen LogP contribution in [0.4, 0.5) is 0 Å². The standard InChI is InChI=1S/C8H6BrNOS/c1-5-4-12-8-6(9)2-3-7(11)10(5)8/h2-4H,1H3. The number of nitrogens with zero attached hydrogens (tertiary/aromatic N) is 1. The molecule has 2 aromatic rings. The van der Waals surface area contributed by atoms with E-state index in [2.05, 4.69) is 15.9 Å². The number of pyridine rings is 1. The Morgan fingerprint density at radius 1 is 1.50 bits per heavy atom. The van der Waals surface area contributed by atoms with Gasteiger partial charge in [0.1, 0.15) is 4.83 Å². The van der Waals surface area contributed by atoms with Crippen molar-refractivity contribution in [2.45, 2.75) is 6.92 Å². The summed E-state index contributed by atoms with van der Waals surface area (Å²) in [5.74, 6) is 0. The summed E-state index contributed by atoms with van der Waals surface area (Å²) >= 11 is 4.97. The van der Waals surface area contributed by atoms with Crippen molar-refractivity contribution in [3.8, 4) is 0 Å². The minimum atomic E-state index is 0.0342. The average molecular weight is 244 g/mol. The maximum Gasteiger partial charge on any atom is 0.256 e. The third-order valence-corrected chi connectivity index (χ3v) is 3.68. The van der Waals surface area contributed by atoms with E-state index in [1.807, 2.05) is 12.3 Å². The first-order valence-electron chi connectivity index (χ1n) is 3.45. The summed E-state index contributed by atoms with van der Waals surface area (Å²) in [5.41, 5.74) is 1.02. The molecule has 0 unspecified atom stereocenters. The lowest BCUT2D eigenvalue weighted by molar-refractivity contribution is 1.05. The largest absolute Gasteiger partial charge is 0.271 e. The molecule has 0 saturated heterocycles. The van der Waals surface area contributed by atoms with Gasteiger partial charge in [-0.1, -0.05) is 0 Å². The van der Waals surface area contributed by atoms with E-state index < -0.39 is 0 Å². The Kier molecular flexibility index (Phi) is 1.81. The first-order valence-corrected chi connectivity index (χ1v) is 5.13. The van der Waals surface area contributed by atoms with Gasteiger partial charge in [-0.2, -0.15) is 0 Å². The maximum atomic E-state index is 11.4. The van der Waals surface area contributed by atoms with E-state index in [9.17, 15) is 4.79 Å². The topological polar surface area (TPSA) is 21.5 Å². The Labute approximate surface area is 81.6 Å². The molecule has 0 aromatic carbocycles. The fourth-order valence-electron chi connectivity index (χ4n) is 1.13. The van der Waals surface area contributed by atoms with Gasteiger partial charge in [0.2, 0.25) is 0 Å². The van der Waals surface area contributed by atoms with Crippen molar-refractivity contribution in [2.24, 2.45) is 0 Å². The Morgan fingerprint density at radius 2 is 2.25 bits per heavy atom. The molecule has 0 aliphatic rings. The molecule has 0 N–H and O–H groups in total. The van der Waals surface area contributed by atoms with Crippen LogP contribution in [0, 0.1) is 6.92 Å². The van der Waals surface area contributed by atoms with Crippen molar-refractivity contribution in [1.82, 2.24) is 4.40 Å². The molecule has 2 nitrogen and oxygen atoms in total. The number of hydrogen-bond donors (Lipinski definition) is 0. The summed E-state index contributed by atoms with van der Waals surface area (Å²) in [5, 5.41) is 1.97. The predicted octanol–water partition coefficient (Wildman–Crippen LogP) is 2.43. The van der Waals surface area contributed by atoms with E-state index in [0.717, 1.165) is 15.0 Å². The Bertz CT molecular complexity index is 485. The minimum Gasteiger partial charge on any atom is -0.271 e. The second-order valence-corrected chi connectivity index (χ2v) is 4.25. The van der Waals surface area contributed by atoms with Gasteiger partial charge in [-0.15, -0.1) is 11.3 Å². The van der Waals surface area contributed by atoms with E-state index in [1.54, 1.807) is 27.9 Å². The van der Waals surface area contributed by atoms with E-state index >= 15 is 0 Å².